The van der Waals surface area contributed by atoms with Crippen LogP contribution >= 0.6 is 0 Å². The molecule has 0 unspecified atom stereocenters. The van der Waals surface area contributed by atoms with Gasteiger partial charge in [0, 0.05) is 18.8 Å². The zero-order valence-electron chi connectivity index (χ0n) is 18.0. The molecule has 0 saturated carbocycles. The molecule has 3 rings (SSSR count). The lowest BCUT2D eigenvalue weighted by Gasteiger charge is -2.21. The molecular weight excluding hydrogens is 451 g/mol. The summed E-state index contributed by atoms with van der Waals surface area (Å²) in [7, 11) is 0. The van der Waals surface area contributed by atoms with Gasteiger partial charge in [-0.05, 0) is 29.3 Å². The van der Waals surface area contributed by atoms with Crippen LogP contribution in [0.25, 0.3) is 0 Å². The average Bonchev–Trinajstić information content (AvgIpc) is 2.82. The number of carbonyl (C=O) groups is 2. The molecule has 0 radical (unpaired) electrons. The summed E-state index contributed by atoms with van der Waals surface area (Å²) in [5.74, 6) is -0.909. The molecule has 0 bridgehead atoms. The third-order valence-corrected chi connectivity index (χ3v) is 4.55. The zero-order chi connectivity index (χ0) is 24.6. The SMILES string of the molecule is NC(=O)CN(Cc1ccc(OCc2ccccc2)cc1)C(=O)c1ccc(OCC(F)(F)F)nc1. The van der Waals surface area contributed by atoms with Gasteiger partial charge in [0.25, 0.3) is 5.91 Å². The maximum absolute atomic E-state index is 12.9. The number of ether oxygens (including phenoxy) is 2. The molecule has 0 atom stereocenters. The maximum atomic E-state index is 12.9. The number of aromatic nitrogens is 1. The van der Waals surface area contributed by atoms with E-state index in [2.05, 4.69) is 9.72 Å². The summed E-state index contributed by atoms with van der Waals surface area (Å²) in [5.41, 5.74) is 7.11. The number of nitrogens with two attached hydrogens (primary N) is 1. The Bertz CT molecular complexity index is 1090. The second kappa shape index (κ2) is 11.2. The highest BCUT2D eigenvalue weighted by atomic mass is 19.4. The van der Waals surface area contributed by atoms with Crippen molar-refractivity contribution in [3.8, 4) is 11.6 Å². The first-order chi connectivity index (χ1) is 16.2. The highest BCUT2D eigenvalue weighted by Gasteiger charge is 2.28. The molecule has 7 nitrogen and oxygen atoms in total. The van der Waals surface area contributed by atoms with Crippen molar-refractivity contribution in [3.05, 3.63) is 89.6 Å². The predicted octanol–water partition coefficient (Wildman–Crippen LogP) is 3.73. The summed E-state index contributed by atoms with van der Waals surface area (Å²) < 4.78 is 47.1. The third-order valence-electron chi connectivity index (χ3n) is 4.55. The van der Waals surface area contributed by atoms with E-state index in [-0.39, 0.29) is 24.5 Å². The Morgan fingerprint density at radius 1 is 0.912 bits per heavy atom. The van der Waals surface area contributed by atoms with Crippen molar-refractivity contribution in [3.63, 3.8) is 0 Å². The summed E-state index contributed by atoms with van der Waals surface area (Å²) in [6.07, 6.45) is -3.42. The van der Waals surface area contributed by atoms with Gasteiger partial charge in [-0.3, -0.25) is 9.59 Å². The Morgan fingerprint density at radius 2 is 1.62 bits per heavy atom. The van der Waals surface area contributed by atoms with Gasteiger partial charge in [-0.15, -0.1) is 0 Å². The number of benzene rings is 2. The minimum absolute atomic E-state index is 0.0726. The Hall–Kier alpha value is -4.08. The van der Waals surface area contributed by atoms with Crippen molar-refractivity contribution >= 4 is 11.8 Å². The molecule has 0 aliphatic rings. The molecule has 178 valence electrons. The number of hydrogen-bond donors (Lipinski definition) is 1. The van der Waals surface area contributed by atoms with E-state index in [1.165, 1.54) is 11.0 Å². The van der Waals surface area contributed by atoms with Crippen LogP contribution < -0.4 is 15.2 Å². The van der Waals surface area contributed by atoms with Gasteiger partial charge in [0.1, 0.15) is 12.4 Å². The molecule has 0 aliphatic carbocycles. The largest absolute Gasteiger partial charge is 0.489 e. The fourth-order valence-electron chi connectivity index (χ4n) is 2.97. The number of pyridine rings is 1. The second-order valence-electron chi connectivity index (χ2n) is 7.33. The zero-order valence-corrected chi connectivity index (χ0v) is 18.0. The standard InChI is InChI=1S/C24H22F3N3O4/c25-24(26,27)16-34-22-11-8-19(12-29-22)23(32)30(14-21(28)31)13-17-6-9-20(10-7-17)33-15-18-4-2-1-3-5-18/h1-12H,13-16H2,(H2,28,31). The molecule has 2 N–H and O–H groups in total. The van der Waals surface area contributed by atoms with Crippen molar-refractivity contribution in [2.24, 2.45) is 5.73 Å². The number of carbonyl (C=O) groups excluding carboxylic acids is 2. The van der Waals surface area contributed by atoms with Gasteiger partial charge in [-0.2, -0.15) is 13.2 Å². The Kier molecular flexibility index (Phi) is 8.07. The van der Waals surface area contributed by atoms with E-state index in [0.717, 1.165) is 23.4 Å². The molecule has 0 aliphatic heterocycles. The van der Waals surface area contributed by atoms with E-state index < -0.39 is 24.6 Å². The molecule has 34 heavy (non-hydrogen) atoms. The first-order valence-electron chi connectivity index (χ1n) is 10.2. The number of rotatable bonds is 10. The monoisotopic (exact) mass is 473 g/mol. The number of nitrogens with zero attached hydrogens (tertiary/aromatic N) is 2. The van der Waals surface area contributed by atoms with Crippen LogP contribution in [0.1, 0.15) is 21.5 Å². The first-order valence-corrected chi connectivity index (χ1v) is 10.2. The van der Waals surface area contributed by atoms with Gasteiger partial charge in [-0.25, -0.2) is 4.98 Å². The van der Waals surface area contributed by atoms with E-state index >= 15 is 0 Å². The van der Waals surface area contributed by atoms with Gasteiger partial charge < -0.3 is 20.1 Å². The van der Waals surface area contributed by atoms with E-state index in [1.807, 2.05) is 30.3 Å². The van der Waals surface area contributed by atoms with Crippen molar-refractivity contribution in [2.75, 3.05) is 13.2 Å². The molecule has 1 aromatic heterocycles. The van der Waals surface area contributed by atoms with Crippen LogP contribution in [-0.4, -0.2) is 41.0 Å². The van der Waals surface area contributed by atoms with Gasteiger partial charge in [-0.1, -0.05) is 42.5 Å². The van der Waals surface area contributed by atoms with Crippen LogP contribution in [0, 0.1) is 0 Å². The normalized spacial score (nSPS) is 11.0. The molecule has 3 aromatic rings. The fourth-order valence-corrected chi connectivity index (χ4v) is 2.97. The molecule has 0 spiro atoms. The highest BCUT2D eigenvalue weighted by Crippen LogP contribution is 2.19. The number of amides is 2. The van der Waals surface area contributed by atoms with Crippen LogP contribution in [0.15, 0.2) is 72.9 Å². The van der Waals surface area contributed by atoms with Crippen LogP contribution in [0.2, 0.25) is 0 Å². The Balaban J connectivity index is 1.63. The lowest BCUT2D eigenvalue weighted by molar-refractivity contribution is -0.154. The Labute approximate surface area is 193 Å². The summed E-state index contributed by atoms with van der Waals surface area (Å²) in [4.78, 5) is 29.3. The summed E-state index contributed by atoms with van der Waals surface area (Å²) >= 11 is 0. The van der Waals surface area contributed by atoms with Gasteiger partial charge in [0.2, 0.25) is 11.8 Å². The summed E-state index contributed by atoms with van der Waals surface area (Å²) in [6.45, 7) is -1.36. The molecule has 0 saturated heterocycles. The van der Waals surface area contributed by atoms with Gasteiger partial charge in [0.05, 0.1) is 12.1 Å². The molecule has 0 fully saturated rings. The van der Waals surface area contributed by atoms with Crippen molar-refractivity contribution in [1.29, 1.82) is 0 Å². The fraction of sp³-hybridized carbons (Fsp3) is 0.208. The van der Waals surface area contributed by atoms with Gasteiger partial charge >= 0.3 is 6.18 Å². The van der Waals surface area contributed by atoms with Crippen molar-refractivity contribution in [2.45, 2.75) is 19.3 Å². The first kappa shape index (κ1) is 24.6. The maximum Gasteiger partial charge on any atom is 0.422 e. The average molecular weight is 473 g/mol. The number of primary amides is 1. The molecular formula is C24H22F3N3O4. The van der Waals surface area contributed by atoms with Crippen LogP contribution in [-0.2, 0) is 17.9 Å². The summed E-state index contributed by atoms with van der Waals surface area (Å²) in [6, 6.07) is 19.1. The second-order valence-corrected chi connectivity index (χ2v) is 7.33. The number of hydrogen-bond acceptors (Lipinski definition) is 5. The van der Waals surface area contributed by atoms with E-state index in [0.29, 0.717) is 12.4 Å². The highest BCUT2D eigenvalue weighted by molar-refractivity contribution is 5.96. The van der Waals surface area contributed by atoms with Gasteiger partial charge in [0.15, 0.2) is 6.61 Å². The quantitative estimate of drug-likeness (QED) is 0.484. The van der Waals surface area contributed by atoms with Crippen molar-refractivity contribution in [1.82, 2.24) is 9.88 Å². The topological polar surface area (TPSA) is 94.8 Å². The minimum Gasteiger partial charge on any atom is -0.489 e. The molecule has 1 heterocycles. The van der Waals surface area contributed by atoms with E-state index in [1.54, 1.807) is 24.3 Å². The lowest BCUT2D eigenvalue weighted by atomic mass is 10.1. The molecule has 2 amide bonds. The predicted molar refractivity (Wildman–Crippen MR) is 117 cm³/mol. The van der Waals surface area contributed by atoms with Crippen LogP contribution in [0.3, 0.4) is 0 Å². The Morgan fingerprint density at radius 3 is 2.21 bits per heavy atom. The van der Waals surface area contributed by atoms with Crippen molar-refractivity contribution < 1.29 is 32.2 Å². The van der Waals surface area contributed by atoms with E-state index in [4.69, 9.17) is 10.5 Å². The van der Waals surface area contributed by atoms with Crippen LogP contribution in [0.4, 0.5) is 13.2 Å². The number of halogens is 3. The smallest absolute Gasteiger partial charge is 0.422 e. The lowest BCUT2D eigenvalue weighted by Crippen LogP contribution is -2.38. The van der Waals surface area contributed by atoms with Crippen LogP contribution in [0.5, 0.6) is 11.6 Å². The summed E-state index contributed by atoms with van der Waals surface area (Å²) in [5, 5.41) is 0. The number of alkyl halides is 3. The molecule has 2 aromatic carbocycles. The third kappa shape index (κ3) is 7.80. The molecule has 10 heteroatoms. The van der Waals surface area contributed by atoms with E-state index in [9.17, 15) is 22.8 Å². The minimum atomic E-state index is -4.50.